The highest BCUT2D eigenvalue weighted by molar-refractivity contribution is 5.98. The lowest BCUT2D eigenvalue weighted by atomic mass is 9.75. The third-order valence-corrected chi connectivity index (χ3v) is 5.23. The minimum atomic E-state index is -0.327. The molecule has 1 unspecified atom stereocenters. The summed E-state index contributed by atoms with van der Waals surface area (Å²) >= 11 is 0. The van der Waals surface area contributed by atoms with Gasteiger partial charge in [0.15, 0.2) is 0 Å². The molecule has 0 saturated heterocycles. The molecular weight excluding hydrogens is 335 g/mol. The number of halogens is 1. The molecule has 2 N–H and O–H groups in total. The summed E-state index contributed by atoms with van der Waals surface area (Å²) in [5.74, 6) is -0.378. The predicted molar refractivity (Wildman–Crippen MR) is 95.0 cm³/mol. The number of fused-ring (bicyclic) bond motifs is 1. The van der Waals surface area contributed by atoms with Crippen molar-refractivity contribution in [3.8, 4) is 0 Å². The lowest BCUT2D eigenvalue weighted by Crippen LogP contribution is -2.41. The van der Waals surface area contributed by atoms with Crippen LogP contribution in [0.15, 0.2) is 36.7 Å². The number of carbonyl (C=O) groups excluding carboxylic acids is 1. The molecule has 136 valence electrons. The van der Waals surface area contributed by atoms with Crippen LogP contribution in [0, 0.1) is 11.7 Å². The molecule has 0 aliphatic heterocycles. The van der Waals surface area contributed by atoms with Crippen LogP contribution < -0.4 is 5.32 Å². The number of aromatic nitrogens is 3. The fourth-order valence-corrected chi connectivity index (χ4v) is 3.73. The summed E-state index contributed by atoms with van der Waals surface area (Å²) in [7, 11) is 3.62. The lowest BCUT2D eigenvalue weighted by molar-refractivity contribution is 0.0234. The van der Waals surface area contributed by atoms with E-state index in [1.165, 1.54) is 12.1 Å². The maximum atomic E-state index is 13.5. The van der Waals surface area contributed by atoms with Gasteiger partial charge in [0.1, 0.15) is 11.5 Å². The Kier molecular flexibility index (Phi) is 4.03. The van der Waals surface area contributed by atoms with Crippen molar-refractivity contribution >= 4 is 16.8 Å². The van der Waals surface area contributed by atoms with Gasteiger partial charge in [-0.05, 0) is 43.0 Å². The molecule has 2 heterocycles. The monoisotopic (exact) mass is 356 g/mol. The maximum Gasteiger partial charge on any atom is 0.268 e. The molecule has 0 radical (unpaired) electrons. The second kappa shape index (κ2) is 6.25. The topological polar surface area (TPSA) is 72.1 Å². The quantitative estimate of drug-likeness (QED) is 0.753. The van der Waals surface area contributed by atoms with E-state index in [-0.39, 0.29) is 29.8 Å². The van der Waals surface area contributed by atoms with E-state index in [4.69, 9.17) is 0 Å². The number of nitrogens with zero attached hydrogens (tertiary/aromatic N) is 3. The summed E-state index contributed by atoms with van der Waals surface area (Å²) in [5.41, 5.74) is 2.19. The highest BCUT2D eigenvalue weighted by atomic mass is 19.1. The van der Waals surface area contributed by atoms with Crippen LogP contribution >= 0.6 is 0 Å². The largest absolute Gasteiger partial charge is 0.393 e. The molecule has 1 saturated carbocycles. The molecule has 1 aliphatic rings. The van der Waals surface area contributed by atoms with Crippen LogP contribution in [0.3, 0.4) is 0 Å². The third kappa shape index (κ3) is 2.88. The molecule has 0 spiro atoms. The van der Waals surface area contributed by atoms with Crippen LogP contribution in [0.25, 0.3) is 10.9 Å². The van der Waals surface area contributed by atoms with Crippen molar-refractivity contribution in [1.82, 2.24) is 19.7 Å². The summed E-state index contributed by atoms with van der Waals surface area (Å²) in [4.78, 5) is 12.9. The summed E-state index contributed by atoms with van der Waals surface area (Å²) in [6.45, 7) is 0. The number of hydrogen-bond donors (Lipinski definition) is 2. The molecule has 1 amide bonds. The highest BCUT2D eigenvalue weighted by Gasteiger charge is 2.36. The maximum absolute atomic E-state index is 13.5. The van der Waals surface area contributed by atoms with Crippen LogP contribution in [0.1, 0.15) is 34.9 Å². The Bertz CT molecular complexity index is 971. The predicted octanol–water partition coefficient (Wildman–Crippen LogP) is 2.29. The Hall–Kier alpha value is -2.67. The summed E-state index contributed by atoms with van der Waals surface area (Å²) < 4.78 is 16.9. The Morgan fingerprint density at radius 1 is 1.35 bits per heavy atom. The SMILES string of the molecule is Cn1cc(C(NC(=O)c2cc3cc(F)ccc3n2C)C2CC(O)C2)cn1. The molecule has 1 atom stereocenters. The number of aliphatic hydroxyl groups is 1. The molecule has 0 bridgehead atoms. The zero-order valence-corrected chi connectivity index (χ0v) is 14.7. The smallest absolute Gasteiger partial charge is 0.268 e. The molecular formula is C19H21FN4O2. The Morgan fingerprint density at radius 2 is 2.12 bits per heavy atom. The first-order valence-corrected chi connectivity index (χ1v) is 8.65. The highest BCUT2D eigenvalue weighted by Crippen LogP contribution is 2.38. The van der Waals surface area contributed by atoms with Crippen molar-refractivity contribution in [1.29, 1.82) is 0 Å². The van der Waals surface area contributed by atoms with Crippen LogP contribution in [-0.4, -0.2) is 31.5 Å². The molecule has 26 heavy (non-hydrogen) atoms. The number of rotatable bonds is 4. The van der Waals surface area contributed by atoms with Crippen molar-refractivity contribution < 1.29 is 14.3 Å². The van der Waals surface area contributed by atoms with Gasteiger partial charge < -0.3 is 15.0 Å². The van der Waals surface area contributed by atoms with E-state index in [0.717, 1.165) is 11.1 Å². The minimum Gasteiger partial charge on any atom is -0.393 e. The van der Waals surface area contributed by atoms with Gasteiger partial charge in [-0.15, -0.1) is 0 Å². The van der Waals surface area contributed by atoms with Crippen LogP contribution in [0.2, 0.25) is 0 Å². The summed E-state index contributed by atoms with van der Waals surface area (Å²) in [5, 5.41) is 17.6. The van der Waals surface area contributed by atoms with Gasteiger partial charge in [0.2, 0.25) is 0 Å². The molecule has 7 heteroatoms. The van der Waals surface area contributed by atoms with E-state index in [0.29, 0.717) is 23.9 Å². The van der Waals surface area contributed by atoms with Crippen molar-refractivity contribution in [3.63, 3.8) is 0 Å². The van der Waals surface area contributed by atoms with Gasteiger partial charge in [0.05, 0.1) is 18.3 Å². The number of carbonyl (C=O) groups is 1. The van der Waals surface area contributed by atoms with Crippen molar-refractivity contribution in [2.75, 3.05) is 0 Å². The number of benzene rings is 1. The van der Waals surface area contributed by atoms with E-state index in [1.807, 2.05) is 13.2 Å². The fourth-order valence-electron chi connectivity index (χ4n) is 3.73. The average Bonchev–Trinajstić information content (AvgIpc) is 3.13. The molecule has 2 aromatic heterocycles. The summed E-state index contributed by atoms with van der Waals surface area (Å²) in [6, 6.07) is 5.96. The average molecular weight is 356 g/mol. The van der Waals surface area contributed by atoms with Crippen LogP contribution in [0.5, 0.6) is 0 Å². The van der Waals surface area contributed by atoms with Gasteiger partial charge in [-0.2, -0.15) is 5.10 Å². The zero-order valence-electron chi connectivity index (χ0n) is 14.7. The first-order valence-electron chi connectivity index (χ1n) is 8.65. The number of amides is 1. The molecule has 4 rings (SSSR count). The van der Waals surface area contributed by atoms with Crippen LogP contribution in [0.4, 0.5) is 4.39 Å². The Labute approximate surface area is 150 Å². The first kappa shape index (κ1) is 16.8. The van der Waals surface area contributed by atoms with Gasteiger partial charge in [-0.25, -0.2) is 4.39 Å². The van der Waals surface area contributed by atoms with Crippen molar-refractivity contribution in [2.45, 2.75) is 25.0 Å². The van der Waals surface area contributed by atoms with E-state index < -0.39 is 0 Å². The van der Waals surface area contributed by atoms with Crippen molar-refractivity contribution in [3.05, 3.63) is 53.7 Å². The standard InChI is InChI=1S/C19H21FN4O2/c1-23-10-13(9-21-23)18(12-6-15(25)7-12)22-19(26)17-8-11-5-14(20)3-4-16(11)24(17)2/h3-5,8-10,12,15,18,25H,6-7H2,1-2H3,(H,22,26). The molecule has 6 nitrogen and oxygen atoms in total. The molecule has 3 aromatic rings. The van der Waals surface area contributed by atoms with E-state index in [2.05, 4.69) is 10.4 Å². The first-order chi connectivity index (χ1) is 12.4. The minimum absolute atomic E-state index is 0.172. The van der Waals surface area contributed by atoms with Gasteiger partial charge >= 0.3 is 0 Å². The number of aryl methyl sites for hydroxylation is 2. The van der Waals surface area contributed by atoms with Gasteiger partial charge in [-0.3, -0.25) is 9.48 Å². The van der Waals surface area contributed by atoms with E-state index in [1.54, 1.807) is 34.6 Å². The zero-order chi connectivity index (χ0) is 18.4. The second-order valence-corrected chi connectivity index (χ2v) is 7.08. The molecule has 1 fully saturated rings. The van der Waals surface area contributed by atoms with Gasteiger partial charge in [0, 0.05) is 36.8 Å². The number of aliphatic hydroxyl groups excluding tert-OH is 1. The van der Waals surface area contributed by atoms with Crippen molar-refractivity contribution in [2.24, 2.45) is 20.0 Å². The summed E-state index contributed by atoms with van der Waals surface area (Å²) in [6.07, 6.45) is 4.62. The Morgan fingerprint density at radius 3 is 2.77 bits per heavy atom. The fraction of sp³-hybridized carbons (Fsp3) is 0.368. The molecule has 1 aliphatic carbocycles. The lowest BCUT2D eigenvalue weighted by Gasteiger charge is -2.37. The van der Waals surface area contributed by atoms with Crippen LogP contribution in [-0.2, 0) is 14.1 Å². The normalized spacial score (nSPS) is 20.8. The van der Waals surface area contributed by atoms with E-state index in [9.17, 15) is 14.3 Å². The number of hydrogen-bond acceptors (Lipinski definition) is 3. The third-order valence-electron chi connectivity index (χ3n) is 5.23. The number of nitrogens with one attached hydrogen (secondary N) is 1. The molecule has 1 aromatic carbocycles. The van der Waals surface area contributed by atoms with Gasteiger partial charge in [0.25, 0.3) is 5.91 Å². The van der Waals surface area contributed by atoms with Gasteiger partial charge in [-0.1, -0.05) is 0 Å². The Balaban J connectivity index is 1.63. The second-order valence-electron chi connectivity index (χ2n) is 7.08. The van der Waals surface area contributed by atoms with E-state index >= 15 is 0 Å².